The molecule has 21 heavy (non-hydrogen) atoms. The van der Waals surface area contributed by atoms with Crippen LogP contribution in [-0.2, 0) is 16.6 Å². The molecule has 1 fully saturated rings. The number of thioether (sulfide) groups is 1. The Morgan fingerprint density at radius 1 is 1.62 bits per heavy atom. The van der Waals surface area contributed by atoms with E-state index in [9.17, 15) is 9.59 Å². The lowest BCUT2D eigenvalue weighted by molar-refractivity contribution is -0.148. The molecule has 1 atom stereocenters. The number of rotatable bonds is 8. The molecular weight excluding hydrogens is 292 g/mol. The standard InChI is InChI=1S/C13H22N4O3S/c1-4-7-14-13(9-5-6-9,10(18)20-3)8-21-12-16-15-11(19)17(12)2/h9,14H,4-8H2,1-3H3,(H,15,19). The Kier molecular flexibility index (Phi) is 5.10. The zero-order valence-electron chi connectivity index (χ0n) is 12.6. The van der Waals surface area contributed by atoms with Gasteiger partial charge in [-0.3, -0.25) is 9.36 Å². The van der Waals surface area contributed by atoms with Gasteiger partial charge in [0, 0.05) is 12.8 Å². The van der Waals surface area contributed by atoms with E-state index in [1.807, 2.05) is 0 Å². The van der Waals surface area contributed by atoms with E-state index in [1.165, 1.54) is 23.4 Å². The molecule has 1 aliphatic carbocycles. The predicted octanol–water partition coefficient (Wildman–Crippen LogP) is 0.522. The van der Waals surface area contributed by atoms with Crippen molar-refractivity contribution in [2.45, 2.75) is 36.9 Å². The first kappa shape index (κ1) is 16.1. The van der Waals surface area contributed by atoms with Crippen molar-refractivity contribution < 1.29 is 9.53 Å². The molecule has 0 aromatic carbocycles. The number of aromatic amines is 1. The minimum absolute atomic E-state index is 0.230. The van der Waals surface area contributed by atoms with Crippen molar-refractivity contribution in [1.29, 1.82) is 0 Å². The highest BCUT2D eigenvalue weighted by molar-refractivity contribution is 7.99. The largest absolute Gasteiger partial charge is 0.468 e. The maximum Gasteiger partial charge on any atom is 0.343 e. The minimum atomic E-state index is -0.690. The van der Waals surface area contributed by atoms with Crippen molar-refractivity contribution in [3.8, 4) is 0 Å². The van der Waals surface area contributed by atoms with Crippen LogP contribution in [0.3, 0.4) is 0 Å². The van der Waals surface area contributed by atoms with E-state index in [4.69, 9.17) is 4.74 Å². The number of hydrogen-bond acceptors (Lipinski definition) is 6. The SMILES string of the molecule is CCCNC(CSc1n[nH]c(=O)n1C)(C(=O)OC)C1CC1. The first-order valence-corrected chi connectivity index (χ1v) is 8.11. The highest BCUT2D eigenvalue weighted by atomic mass is 32.2. The van der Waals surface area contributed by atoms with Crippen molar-refractivity contribution in [3.63, 3.8) is 0 Å². The Bertz CT molecular complexity index is 552. The normalized spacial score (nSPS) is 17.5. The number of methoxy groups -OCH3 is 1. The summed E-state index contributed by atoms with van der Waals surface area (Å²) < 4.78 is 6.47. The van der Waals surface area contributed by atoms with E-state index in [1.54, 1.807) is 7.05 Å². The number of esters is 1. The summed E-state index contributed by atoms with van der Waals surface area (Å²) in [5.41, 5.74) is -0.946. The van der Waals surface area contributed by atoms with Crippen LogP contribution in [0.5, 0.6) is 0 Å². The van der Waals surface area contributed by atoms with Gasteiger partial charge in [-0.15, -0.1) is 5.10 Å². The van der Waals surface area contributed by atoms with Gasteiger partial charge in [0.2, 0.25) is 0 Å². The summed E-state index contributed by atoms with van der Waals surface area (Å²) in [5, 5.41) is 10.3. The second kappa shape index (κ2) is 6.65. The summed E-state index contributed by atoms with van der Waals surface area (Å²) in [6.07, 6.45) is 2.98. The van der Waals surface area contributed by atoms with E-state index in [0.29, 0.717) is 16.8 Å². The van der Waals surface area contributed by atoms with Gasteiger partial charge in [0.25, 0.3) is 0 Å². The average molecular weight is 314 g/mol. The highest BCUT2D eigenvalue weighted by Gasteiger charge is 2.51. The van der Waals surface area contributed by atoms with Crippen LogP contribution in [0.2, 0.25) is 0 Å². The molecule has 0 spiro atoms. The second-order valence-electron chi connectivity index (χ2n) is 5.32. The van der Waals surface area contributed by atoms with Gasteiger partial charge in [0.05, 0.1) is 7.11 Å². The quantitative estimate of drug-likeness (QED) is 0.537. The lowest BCUT2D eigenvalue weighted by Crippen LogP contribution is -2.57. The number of aromatic nitrogens is 3. The van der Waals surface area contributed by atoms with Crippen molar-refractivity contribution in [2.75, 3.05) is 19.4 Å². The van der Waals surface area contributed by atoms with Crippen molar-refractivity contribution in [3.05, 3.63) is 10.5 Å². The number of carbonyl (C=O) groups is 1. The minimum Gasteiger partial charge on any atom is -0.468 e. The van der Waals surface area contributed by atoms with Gasteiger partial charge in [-0.2, -0.15) is 0 Å². The van der Waals surface area contributed by atoms with E-state index < -0.39 is 5.54 Å². The molecule has 1 aromatic heterocycles. The molecule has 0 bridgehead atoms. The number of H-pyrrole nitrogens is 1. The van der Waals surface area contributed by atoms with Gasteiger partial charge < -0.3 is 10.1 Å². The molecule has 1 heterocycles. The lowest BCUT2D eigenvalue weighted by atomic mass is 9.95. The fraction of sp³-hybridized carbons (Fsp3) is 0.769. The molecule has 2 rings (SSSR count). The van der Waals surface area contributed by atoms with Crippen LogP contribution < -0.4 is 11.0 Å². The fourth-order valence-corrected chi connectivity index (χ4v) is 3.56. The van der Waals surface area contributed by atoms with Crippen molar-refractivity contribution >= 4 is 17.7 Å². The molecule has 1 aromatic rings. The van der Waals surface area contributed by atoms with Crippen molar-refractivity contribution in [1.82, 2.24) is 20.1 Å². The fourth-order valence-electron chi connectivity index (χ4n) is 2.36. The Hall–Kier alpha value is -1.28. The highest BCUT2D eigenvalue weighted by Crippen LogP contribution is 2.42. The average Bonchev–Trinajstić information content (AvgIpc) is 3.29. The predicted molar refractivity (Wildman–Crippen MR) is 80.3 cm³/mol. The van der Waals surface area contributed by atoms with E-state index in [0.717, 1.165) is 25.8 Å². The number of ether oxygens (including phenoxy) is 1. The molecule has 0 saturated heterocycles. The molecule has 1 aliphatic rings. The van der Waals surface area contributed by atoms with Crippen LogP contribution in [0.4, 0.5) is 0 Å². The third-order valence-corrected chi connectivity index (χ3v) is 5.01. The summed E-state index contributed by atoms with van der Waals surface area (Å²) in [7, 11) is 3.08. The zero-order valence-corrected chi connectivity index (χ0v) is 13.5. The molecule has 1 unspecified atom stereocenters. The molecular formula is C13H22N4O3S. The van der Waals surface area contributed by atoms with Crippen LogP contribution in [0, 0.1) is 5.92 Å². The van der Waals surface area contributed by atoms with Crippen LogP contribution in [0.15, 0.2) is 9.95 Å². The summed E-state index contributed by atoms with van der Waals surface area (Å²) in [4.78, 5) is 23.7. The third kappa shape index (κ3) is 3.32. The monoisotopic (exact) mass is 314 g/mol. The number of carbonyl (C=O) groups excluding carboxylic acids is 1. The molecule has 118 valence electrons. The van der Waals surface area contributed by atoms with Gasteiger partial charge in [-0.05, 0) is 31.7 Å². The van der Waals surface area contributed by atoms with Gasteiger partial charge >= 0.3 is 11.7 Å². The first-order valence-electron chi connectivity index (χ1n) is 7.12. The van der Waals surface area contributed by atoms with E-state index in [-0.39, 0.29) is 11.7 Å². The number of nitrogens with one attached hydrogen (secondary N) is 2. The van der Waals surface area contributed by atoms with Crippen molar-refractivity contribution in [2.24, 2.45) is 13.0 Å². The van der Waals surface area contributed by atoms with Crippen LogP contribution >= 0.6 is 11.8 Å². The molecule has 2 N–H and O–H groups in total. The molecule has 0 radical (unpaired) electrons. The first-order chi connectivity index (χ1) is 10.0. The smallest absolute Gasteiger partial charge is 0.343 e. The molecule has 1 saturated carbocycles. The topological polar surface area (TPSA) is 89.0 Å². The Morgan fingerprint density at radius 3 is 2.81 bits per heavy atom. The molecule has 8 heteroatoms. The van der Waals surface area contributed by atoms with Gasteiger partial charge in [0.15, 0.2) is 5.16 Å². The second-order valence-corrected chi connectivity index (χ2v) is 6.27. The molecule has 0 amide bonds. The van der Waals surface area contributed by atoms with Crippen LogP contribution in [-0.4, -0.2) is 45.7 Å². The van der Waals surface area contributed by atoms with Crippen LogP contribution in [0.1, 0.15) is 26.2 Å². The van der Waals surface area contributed by atoms with E-state index in [2.05, 4.69) is 22.4 Å². The van der Waals surface area contributed by atoms with Gasteiger partial charge in [-0.25, -0.2) is 9.89 Å². The van der Waals surface area contributed by atoms with Crippen LogP contribution in [0.25, 0.3) is 0 Å². The number of nitrogens with zero attached hydrogens (tertiary/aromatic N) is 2. The lowest BCUT2D eigenvalue weighted by Gasteiger charge is -2.31. The summed E-state index contributed by atoms with van der Waals surface area (Å²) in [6, 6.07) is 0. The maximum absolute atomic E-state index is 12.3. The van der Waals surface area contributed by atoms with Gasteiger partial charge in [0.1, 0.15) is 5.54 Å². The van der Waals surface area contributed by atoms with Gasteiger partial charge in [-0.1, -0.05) is 18.7 Å². The third-order valence-electron chi connectivity index (χ3n) is 3.78. The summed E-state index contributed by atoms with van der Waals surface area (Å²) in [6.45, 7) is 2.82. The molecule has 7 nitrogen and oxygen atoms in total. The zero-order chi connectivity index (χ0) is 15.5. The maximum atomic E-state index is 12.3. The summed E-state index contributed by atoms with van der Waals surface area (Å²) in [5.74, 6) is 0.564. The Balaban J connectivity index is 2.16. The Morgan fingerprint density at radius 2 is 2.33 bits per heavy atom. The number of hydrogen-bond donors (Lipinski definition) is 2. The Labute approximate surface area is 127 Å². The summed E-state index contributed by atoms with van der Waals surface area (Å²) >= 11 is 1.39. The van der Waals surface area contributed by atoms with E-state index >= 15 is 0 Å². The molecule has 0 aliphatic heterocycles.